The van der Waals surface area contributed by atoms with Crippen molar-refractivity contribution in [2.24, 2.45) is 0 Å². The summed E-state index contributed by atoms with van der Waals surface area (Å²) >= 11 is 0. The van der Waals surface area contributed by atoms with E-state index in [0.29, 0.717) is 28.6 Å². The van der Waals surface area contributed by atoms with Gasteiger partial charge in [0, 0.05) is 28.6 Å². The average Bonchev–Trinajstić information content (AvgIpc) is 3.28. The van der Waals surface area contributed by atoms with Gasteiger partial charge in [-0.2, -0.15) is 28.9 Å². The lowest BCUT2D eigenvalue weighted by Crippen LogP contribution is -2.22. The standard InChI is InChI=1S/C21H23F3N4O4S/c1-20(2,30)14-9-16-12(10-28(27-16)13-6-7-33(31,32)11-13)8-17(14)26-19(29)15-4-3-5-18(25-15)21(22,23)24/h3-5,8-10,13,30-32H,6-7,11H2,1-2H3,(H,26,29)/t13-/m0/s1. The number of amides is 1. The molecule has 0 unspecified atom stereocenters. The molecule has 0 saturated carbocycles. The average molecular weight is 485 g/mol. The molecule has 1 atom stereocenters. The second kappa shape index (κ2) is 7.97. The normalized spacial score (nSPS) is 19.6. The minimum atomic E-state index is -4.69. The summed E-state index contributed by atoms with van der Waals surface area (Å²) in [6.45, 7) is 3.02. The summed E-state index contributed by atoms with van der Waals surface area (Å²) in [7, 11) is -2.63. The van der Waals surface area contributed by atoms with Gasteiger partial charge in [0.25, 0.3) is 5.91 Å². The molecule has 1 aliphatic rings. The summed E-state index contributed by atoms with van der Waals surface area (Å²) in [6.07, 6.45) is -2.43. The van der Waals surface area contributed by atoms with Gasteiger partial charge < -0.3 is 10.4 Å². The van der Waals surface area contributed by atoms with Crippen molar-refractivity contribution in [1.29, 1.82) is 0 Å². The van der Waals surface area contributed by atoms with Crippen LogP contribution in [0.3, 0.4) is 0 Å². The summed E-state index contributed by atoms with van der Waals surface area (Å²) < 4.78 is 60.4. The van der Waals surface area contributed by atoms with E-state index in [0.717, 1.165) is 12.1 Å². The molecule has 8 nitrogen and oxygen atoms in total. The number of aromatic nitrogens is 3. The molecular formula is C21H23F3N4O4S. The van der Waals surface area contributed by atoms with Gasteiger partial charge in [0.2, 0.25) is 0 Å². The number of fused-ring (bicyclic) bond motifs is 1. The molecule has 0 radical (unpaired) electrons. The summed E-state index contributed by atoms with van der Waals surface area (Å²) in [4.78, 5) is 16.1. The number of carbonyl (C=O) groups is 1. The zero-order chi connectivity index (χ0) is 24.2. The van der Waals surface area contributed by atoms with E-state index in [2.05, 4.69) is 15.4 Å². The molecule has 1 aromatic carbocycles. The van der Waals surface area contributed by atoms with Gasteiger partial charge in [-0.25, -0.2) is 4.98 Å². The molecule has 1 saturated heterocycles. The molecule has 1 fully saturated rings. The highest BCUT2D eigenvalue weighted by Crippen LogP contribution is 2.50. The van der Waals surface area contributed by atoms with E-state index in [1.54, 1.807) is 23.0 Å². The maximum Gasteiger partial charge on any atom is 0.433 e. The molecule has 4 rings (SSSR count). The summed E-state index contributed by atoms with van der Waals surface area (Å²) in [5.41, 5.74) is -1.96. The van der Waals surface area contributed by atoms with Crippen LogP contribution in [0.5, 0.6) is 0 Å². The summed E-state index contributed by atoms with van der Waals surface area (Å²) in [5, 5.41) is 18.3. The van der Waals surface area contributed by atoms with Gasteiger partial charge in [-0.15, -0.1) is 0 Å². The van der Waals surface area contributed by atoms with Gasteiger partial charge >= 0.3 is 6.18 Å². The molecule has 1 amide bonds. The van der Waals surface area contributed by atoms with Crippen LogP contribution in [-0.2, 0) is 11.8 Å². The molecular weight excluding hydrogens is 461 g/mol. The lowest BCUT2D eigenvalue weighted by atomic mass is 9.95. The van der Waals surface area contributed by atoms with Crippen molar-refractivity contribution in [1.82, 2.24) is 14.8 Å². The van der Waals surface area contributed by atoms with Crippen molar-refractivity contribution in [3.8, 4) is 0 Å². The fourth-order valence-corrected chi connectivity index (χ4v) is 5.55. The van der Waals surface area contributed by atoms with Crippen molar-refractivity contribution in [2.45, 2.75) is 38.1 Å². The van der Waals surface area contributed by atoms with Gasteiger partial charge in [-0.05, 0) is 44.5 Å². The van der Waals surface area contributed by atoms with Gasteiger partial charge in [-0.3, -0.25) is 18.6 Å². The third-order valence-corrected chi connectivity index (χ3v) is 7.26. The lowest BCUT2D eigenvalue weighted by molar-refractivity contribution is -0.141. The zero-order valence-electron chi connectivity index (χ0n) is 17.8. The van der Waals surface area contributed by atoms with Crippen molar-refractivity contribution >= 4 is 33.1 Å². The molecule has 178 valence electrons. The quantitative estimate of drug-likeness (QED) is 0.429. The number of hydrogen-bond acceptors (Lipinski definition) is 6. The third-order valence-electron chi connectivity index (χ3n) is 5.45. The minimum absolute atomic E-state index is 0.194. The number of alkyl halides is 3. The molecule has 0 aliphatic carbocycles. The first-order chi connectivity index (χ1) is 15.2. The Labute approximate surface area is 188 Å². The largest absolute Gasteiger partial charge is 0.433 e. The topological polar surface area (TPSA) is 121 Å². The lowest BCUT2D eigenvalue weighted by Gasteiger charge is -2.25. The zero-order valence-corrected chi connectivity index (χ0v) is 18.6. The van der Waals surface area contributed by atoms with E-state index < -0.39 is 39.7 Å². The van der Waals surface area contributed by atoms with Crippen LogP contribution in [0.4, 0.5) is 18.9 Å². The fourth-order valence-electron chi connectivity index (χ4n) is 3.80. The van der Waals surface area contributed by atoms with E-state index in [4.69, 9.17) is 0 Å². The Hall–Kier alpha value is -2.67. The van der Waals surface area contributed by atoms with Crippen LogP contribution in [-0.4, -0.2) is 46.4 Å². The number of hydrogen-bond donors (Lipinski definition) is 4. The number of carbonyl (C=O) groups excluding carboxylic acids is 1. The third kappa shape index (κ3) is 4.98. The monoisotopic (exact) mass is 484 g/mol. The van der Waals surface area contributed by atoms with Crippen LogP contribution >= 0.6 is 10.6 Å². The van der Waals surface area contributed by atoms with Crippen LogP contribution < -0.4 is 5.32 Å². The van der Waals surface area contributed by atoms with Crippen LogP contribution in [0.2, 0.25) is 0 Å². The molecule has 3 aromatic rings. The van der Waals surface area contributed by atoms with Gasteiger partial charge in [0.05, 0.1) is 22.9 Å². The van der Waals surface area contributed by atoms with Gasteiger partial charge in [-0.1, -0.05) is 6.07 Å². The molecule has 0 bridgehead atoms. The highest BCUT2D eigenvalue weighted by Gasteiger charge is 2.33. The molecule has 0 spiro atoms. The number of aliphatic hydroxyl groups is 1. The van der Waals surface area contributed by atoms with E-state index in [1.807, 2.05) is 0 Å². The Bertz CT molecular complexity index is 1220. The van der Waals surface area contributed by atoms with Crippen molar-refractivity contribution in [3.05, 3.63) is 53.5 Å². The Morgan fingerprint density at radius 1 is 1.24 bits per heavy atom. The van der Waals surface area contributed by atoms with Crippen LogP contribution in [0.1, 0.15) is 48.1 Å². The molecule has 2 aromatic heterocycles. The number of halogens is 3. The summed E-state index contributed by atoms with van der Waals surface area (Å²) in [6, 6.07) is 6.01. The minimum Gasteiger partial charge on any atom is -0.386 e. The number of pyridine rings is 1. The first-order valence-corrected chi connectivity index (χ1v) is 12.0. The smallest absolute Gasteiger partial charge is 0.386 e. The maximum absolute atomic E-state index is 13.0. The van der Waals surface area contributed by atoms with E-state index in [1.165, 1.54) is 19.9 Å². The van der Waals surface area contributed by atoms with Crippen molar-refractivity contribution in [3.63, 3.8) is 0 Å². The highest BCUT2D eigenvalue weighted by molar-refractivity contribution is 8.24. The number of nitrogens with one attached hydrogen (secondary N) is 1. The highest BCUT2D eigenvalue weighted by atomic mass is 32.3. The van der Waals surface area contributed by atoms with Crippen LogP contribution in [0, 0.1) is 0 Å². The number of benzene rings is 1. The Balaban J connectivity index is 1.70. The molecule has 1 aliphatic heterocycles. The Morgan fingerprint density at radius 3 is 2.58 bits per heavy atom. The predicted molar refractivity (Wildman–Crippen MR) is 118 cm³/mol. The van der Waals surface area contributed by atoms with Gasteiger partial charge in [0.15, 0.2) is 0 Å². The molecule has 4 N–H and O–H groups in total. The van der Waals surface area contributed by atoms with Crippen molar-refractivity contribution < 1.29 is 32.2 Å². The second-order valence-corrected chi connectivity index (χ2v) is 10.9. The molecule has 33 heavy (non-hydrogen) atoms. The SMILES string of the molecule is CC(C)(O)c1cc2nn([C@H]3CCS(O)(O)C3)cc2cc1NC(=O)c1cccc(C(F)(F)F)n1. The first-order valence-electron chi connectivity index (χ1n) is 10.1. The number of anilines is 1. The van der Waals surface area contributed by atoms with E-state index >= 15 is 0 Å². The second-order valence-electron chi connectivity index (χ2n) is 8.60. The molecule has 12 heteroatoms. The van der Waals surface area contributed by atoms with E-state index in [-0.39, 0.29) is 17.5 Å². The maximum atomic E-state index is 13.0. The van der Waals surface area contributed by atoms with E-state index in [9.17, 15) is 32.2 Å². The summed E-state index contributed by atoms with van der Waals surface area (Å²) in [5.74, 6) is -0.360. The fraction of sp³-hybridized carbons (Fsp3) is 0.381. The first kappa shape index (κ1) is 23.5. The number of rotatable bonds is 4. The van der Waals surface area contributed by atoms with Crippen LogP contribution in [0.25, 0.3) is 10.9 Å². The predicted octanol–water partition coefficient (Wildman–Crippen LogP) is 4.63. The van der Waals surface area contributed by atoms with Crippen LogP contribution in [0.15, 0.2) is 36.5 Å². The Kier molecular flexibility index (Phi) is 5.68. The van der Waals surface area contributed by atoms with Crippen molar-refractivity contribution in [2.75, 3.05) is 16.8 Å². The number of nitrogens with zero attached hydrogens (tertiary/aromatic N) is 3. The Morgan fingerprint density at radius 2 is 1.97 bits per heavy atom. The van der Waals surface area contributed by atoms with Gasteiger partial charge in [0.1, 0.15) is 11.4 Å². The molecule has 3 heterocycles.